The largest absolute Gasteiger partial charge is 0.441 e. The number of nitrogens with zero attached hydrogens (tertiary/aromatic N) is 1. The number of benzene rings is 1. The highest BCUT2D eigenvalue weighted by molar-refractivity contribution is 7.92. The molecule has 0 spiro atoms. The Morgan fingerprint density at radius 2 is 1.91 bits per heavy atom. The fourth-order valence-corrected chi connectivity index (χ4v) is 6.59. The molecule has 23 heavy (non-hydrogen) atoms. The number of carbonyl (C=O) groups is 1. The maximum absolute atomic E-state index is 12.8. The van der Waals surface area contributed by atoms with Gasteiger partial charge in [0.05, 0.1) is 10.5 Å². The van der Waals surface area contributed by atoms with Gasteiger partial charge < -0.3 is 4.42 Å². The molecular formula is C17H19NO4S. The summed E-state index contributed by atoms with van der Waals surface area (Å²) in [7, 11) is -3.03. The van der Waals surface area contributed by atoms with Crippen LogP contribution in [0.25, 0.3) is 11.1 Å². The molecule has 3 heterocycles. The van der Waals surface area contributed by atoms with Gasteiger partial charge in [-0.1, -0.05) is 6.42 Å². The molecule has 2 bridgehead atoms. The molecule has 0 aliphatic carbocycles. The summed E-state index contributed by atoms with van der Waals surface area (Å²) in [6.07, 6.45) is 3.28. The maximum atomic E-state index is 12.8. The lowest BCUT2D eigenvalue weighted by atomic mass is 9.84. The number of aryl methyl sites for hydroxylation is 1. The van der Waals surface area contributed by atoms with E-state index in [0.29, 0.717) is 42.7 Å². The highest BCUT2D eigenvalue weighted by atomic mass is 32.2. The van der Waals surface area contributed by atoms with Gasteiger partial charge in [0.15, 0.2) is 27.1 Å². The van der Waals surface area contributed by atoms with Gasteiger partial charge in [0.2, 0.25) is 0 Å². The number of hydrogen-bond donors (Lipinski definition) is 0. The first-order valence-corrected chi connectivity index (χ1v) is 9.70. The molecule has 6 heteroatoms. The summed E-state index contributed by atoms with van der Waals surface area (Å²) < 4.78 is 30.2. The average Bonchev–Trinajstić information content (AvgIpc) is 2.84. The second-order valence-electron chi connectivity index (χ2n) is 6.71. The zero-order chi connectivity index (χ0) is 16.2. The second-order valence-corrected chi connectivity index (χ2v) is 9.22. The van der Waals surface area contributed by atoms with Crippen LogP contribution < -0.4 is 0 Å². The average molecular weight is 333 g/mol. The van der Waals surface area contributed by atoms with Crippen molar-refractivity contribution in [3.8, 4) is 0 Å². The Bertz CT molecular complexity index is 863. The molecule has 0 N–H and O–H groups in total. The SMILES string of the molecule is Cc1nc2ccc(C(=O)C3CC4CCCC(C3)S4(=O)=O)cc2o1. The van der Waals surface area contributed by atoms with Gasteiger partial charge in [0.25, 0.3) is 0 Å². The molecule has 2 atom stereocenters. The lowest BCUT2D eigenvalue weighted by Gasteiger charge is -2.38. The normalized spacial score (nSPS) is 29.5. The van der Waals surface area contributed by atoms with E-state index in [1.807, 2.05) is 0 Å². The first kappa shape index (κ1) is 14.9. The minimum atomic E-state index is -3.03. The zero-order valence-electron chi connectivity index (χ0n) is 13.0. The Kier molecular flexibility index (Phi) is 3.34. The molecule has 2 unspecified atom stereocenters. The summed E-state index contributed by atoms with van der Waals surface area (Å²) in [6, 6.07) is 5.29. The molecule has 5 nitrogen and oxygen atoms in total. The Morgan fingerprint density at radius 1 is 1.22 bits per heavy atom. The fraction of sp³-hybridized carbons (Fsp3) is 0.529. The number of carbonyl (C=O) groups excluding carboxylic acids is 1. The molecule has 4 rings (SSSR count). The topological polar surface area (TPSA) is 77.2 Å². The van der Waals surface area contributed by atoms with E-state index < -0.39 is 9.84 Å². The number of Topliss-reactive ketones (excluding diaryl/α,β-unsaturated/α-hetero) is 1. The van der Waals surface area contributed by atoms with Crippen molar-refractivity contribution >= 4 is 26.7 Å². The van der Waals surface area contributed by atoms with Crippen molar-refractivity contribution in [2.24, 2.45) is 5.92 Å². The molecule has 2 fully saturated rings. The number of oxazole rings is 1. The highest BCUT2D eigenvalue weighted by Gasteiger charge is 2.46. The summed E-state index contributed by atoms with van der Waals surface area (Å²) in [5, 5.41) is -0.666. The van der Waals surface area contributed by atoms with E-state index in [-0.39, 0.29) is 22.2 Å². The highest BCUT2D eigenvalue weighted by Crippen LogP contribution is 2.40. The molecule has 0 radical (unpaired) electrons. The molecule has 2 aromatic rings. The van der Waals surface area contributed by atoms with Gasteiger partial charge in [-0.15, -0.1) is 0 Å². The van der Waals surface area contributed by atoms with Gasteiger partial charge >= 0.3 is 0 Å². The molecule has 0 amide bonds. The van der Waals surface area contributed by atoms with Crippen LogP contribution in [0, 0.1) is 12.8 Å². The molecule has 2 aliphatic rings. The van der Waals surface area contributed by atoms with Crippen LogP contribution in [0.5, 0.6) is 0 Å². The van der Waals surface area contributed by atoms with Crippen LogP contribution in [-0.2, 0) is 9.84 Å². The van der Waals surface area contributed by atoms with Gasteiger partial charge in [-0.3, -0.25) is 4.79 Å². The van der Waals surface area contributed by atoms with Gasteiger partial charge in [0, 0.05) is 18.4 Å². The van der Waals surface area contributed by atoms with Crippen molar-refractivity contribution in [1.82, 2.24) is 4.98 Å². The molecule has 1 aromatic carbocycles. The van der Waals surface area contributed by atoms with Gasteiger partial charge in [0.1, 0.15) is 5.52 Å². The molecule has 1 aromatic heterocycles. The Morgan fingerprint density at radius 3 is 2.61 bits per heavy atom. The van der Waals surface area contributed by atoms with Gasteiger partial charge in [-0.25, -0.2) is 13.4 Å². The third kappa shape index (κ3) is 2.40. The Labute approximate surface area is 135 Å². The summed E-state index contributed by atoms with van der Waals surface area (Å²) in [6.45, 7) is 1.77. The van der Waals surface area contributed by atoms with Crippen LogP contribution in [0.3, 0.4) is 0 Å². The molecule has 122 valence electrons. The molecule has 0 saturated carbocycles. The summed E-state index contributed by atoms with van der Waals surface area (Å²) in [5.74, 6) is 0.408. The molecular weight excluding hydrogens is 314 g/mol. The number of ketones is 1. The molecule has 2 aliphatic heterocycles. The summed E-state index contributed by atoms with van der Waals surface area (Å²) in [4.78, 5) is 17.1. The Hall–Kier alpha value is -1.69. The third-order valence-electron chi connectivity index (χ3n) is 5.23. The van der Waals surface area contributed by atoms with E-state index >= 15 is 0 Å². The monoisotopic (exact) mass is 333 g/mol. The standard InChI is InChI=1S/C17H19NO4S/c1-10-18-15-6-5-11(9-16(15)22-10)17(19)12-7-13-3-2-4-14(8-12)23(13,20)21/h5-6,9,12-14H,2-4,7-8H2,1H3. The number of rotatable bonds is 2. The zero-order valence-corrected chi connectivity index (χ0v) is 13.8. The second kappa shape index (κ2) is 5.16. The van der Waals surface area contributed by atoms with Crippen LogP contribution in [0.1, 0.15) is 48.4 Å². The van der Waals surface area contributed by atoms with Crippen LogP contribution >= 0.6 is 0 Å². The quantitative estimate of drug-likeness (QED) is 0.789. The van der Waals surface area contributed by atoms with Crippen molar-refractivity contribution in [2.45, 2.75) is 49.5 Å². The molecule has 2 saturated heterocycles. The fourth-order valence-electron chi connectivity index (χ4n) is 4.05. The first-order valence-electron chi connectivity index (χ1n) is 8.09. The number of hydrogen-bond acceptors (Lipinski definition) is 5. The number of aromatic nitrogens is 1. The van der Waals surface area contributed by atoms with Crippen molar-refractivity contribution in [1.29, 1.82) is 0 Å². The van der Waals surface area contributed by atoms with Crippen LogP contribution in [0.4, 0.5) is 0 Å². The Balaban J connectivity index is 1.63. The van der Waals surface area contributed by atoms with E-state index in [1.54, 1.807) is 25.1 Å². The van der Waals surface area contributed by atoms with Crippen molar-refractivity contribution in [3.05, 3.63) is 29.7 Å². The third-order valence-corrected chi connectivity index (χ3v) is 7.94. The van der Waals surface area contributed by atoms with Crippen molar-refractivity contribution in [3.63, 3.8) is 0 Å². The summed E-state index contributed by atoms with van der Waals surface area (Å²) >= 11 is 0. The van der Waals surface area contributed by atoms with Crippen molar-refractivity contribution < 1.29 is 17.6 Å². The summed E-state index contributed by atoms with van der Waals surface area (Å²) in [5.41, 5.74) is 1.94. The van der Waals surface area contributed by atoms with Crippen LogP contribution in [-0.4, -0.2) is 29.7 Å². The smallest absolute Gasteiger partial charge is 0.192 e. The minimum absolute atomic E-state index is 0.0350. The van der Waals surface area contributed by atoms with E-state index in [4.69, 9.17) is 4.42 Å². The number of sulfone groups is 1. The van der Waals surface area contributed by atoms with Crippen LogP contribution in [0.2, 0.25) is 0 Å². The van der Waals surface area contributed by atoms with Gasteiger partial charge in [-0.05, 0) is 43.9 Å². The van der Waals surface area contributed by atoms with E-state index in [2.05, 4.69) is 4.98 Å². The van der Waals surface area contributed by atoms with Gasteiger partial charge in [-0.2, -0.15) is 0 Å². The lowest BCUT2D eigenvalue weighted by molar-refractivity contribution is 0.0894. The minimum Gasteiger partial charge on any atom is -0.441 e. The van der Waals surface area contributed by atoms with E-state index in [1.165, 1.54) is 0 Å². The number of fused-ring (bicyclic) bond motifs is 3. The lowest BCUT2D eigenvalue weighted by Crippen LogP contribution is -2.45. The van der Waals surface area contributed by atoms with Crippen molar-refractivity contribution in [2.75, 3.05) is 0 Å². The van der Waals surface area contributed by atoms with E-state index in [9.17, 15) is 13.2 Å². The van der Waals surface area contributed by atoms with Crippen LogP contribution in [0.15, 0.2) is 22.6 Å². The predicted molar refractivity (Wildman–Crippen MR) is 86.1 cm³/mol. The predicted octanol–water partition coefficient (Wildman–Crippen LogP) is 3.06. The van der Waals surface area contributed by atoms with E-state index in [0.717, 1.165) is 11.9 Å². The first-order chi connectivity index (χ1) is 10.9. The maximum Gasteiger partial charge on any atom is 0.192 e.